The van der Waals surface area contributed by atoms with Gasteiger partial charge in [0, 0.05) is 33.6 Å². The fourth-order valence-electron chi connectivity index (χ4n) is 4.17. The molecule has 152 valence electrons. The second kappa shape index (κ2) is 8.46. The number of ether oxygens (including phenoxy) is 2. The SMILES string of the molecule is CCOc1cc(-c2csc3ccccc23)cc2c1OCC[NH+](Cc1ccncc1)C2. The van der Waals surface area contributed by atoms with Gasteiger partial charge >= 0.3 is 0 Å². The Morgan fingerprint density at radius 2 is 2.00 bits per heavy atom. The van der Waals surface area contributed by atoms with Crippen molar-refractivity contribution in [1.82, 2.24) is 4.98 Å². The lowest BCUT2D eigenvalue weighted by molar-refractivity contribution is -0.926. The zero-order valence-corrected chi connectivity index (χ0v) is 17.9. The third-order valence-corrected chi connectivity index (χ3v) is 6.53. The lowest BCUT2D eigenvalue weighted by Gasteiger charge is -2.17. The first-order valence-corrected chi connectivity index (χ1v) is 11.3. The summed E-state index contributed by atoms with van der Waals surface area (Å²) in [7, 11) is 0. The molecule has 5 rings (SSSR count). The minimum atomic E-state index is 0.622. The van der Waals surface area contributed by atoms with E-state index in [4.69, 9.17) is 9.47 Å². The zero-order chi connectivity index (χ0) is 20.3. The largest absolute Gasteiger partial charge is 0.490 e. The highest BCUT2D eigenvalue weighted by atomic mass is 32.1. The van der Waals surface area contributed by atoms with Gasteiger partial charge in [0.05, 0.1) is 12.2 Å². The molecule has 0 spiro atoms. The van der Waals surface area contributed by atoms with Crippen molar-refractivity contribution in [2.45, 2.75) is 20.0 Å². The summed E-state index contributed by atoms with van der Waals surface area (Å²) in [6.45, 7) is 6.16. The summed E-state index contributed by atoms with van der Waals surface area (Å²) in [5.41, 5.74) is 4.98. The van der Waals surface area contributed by atoms with Crippen LogP contribution in [-0.4, -0.2) is 24.7 Å². The Labute approximate surface area is 180 Å². The van der Waals surface area contributed by atoms with Gasteiger partial charge in [0.1, 0.15) is 26.2 Å². The maximum Gasteiger partial charge on any atom is 0.170 e. The maximum atomic E-state index is 6.20. The molecule has 0 fully saturated rings. The van der Waals surface area contributed by atoms with Crippen LogP contribution in [0.15, 0.2) is 66.3 Å². The van der Waals surface area contributed by atoms with E-state index in [0.29, 0.717) is 13.2 Å². The lowest BCUT2D eigenvalue weighted by atomic mass is 10.0. The van der Waals surface area contributed by atoms with Crippen LogP contribution in [0.1, 0.15) is 18.1 Å². The molecular formula is C25H25N2O2S+. The molecule has 1 N–H and O–H groups in total. The van der Waals surface area contributed by atoms with E-state index in [1.807, 2.05) is 19.3 Å². The highest BCUT2D eigenvalue weighted by molar-refractivity contribution is 7.17. The number of hydrogen-bond acceptors (Lipinski definition) is 4. The summed E-state index contributed by atoms with van der Waals surface area (Å²) in [6.07, 6.45) is 3.73. The summed E-state index contributed by atoms with van der Waals surface area (Å²) in [4.78, 5) is 5.62. The Hall–Kier alpha value is -2.89. The molecule has 1 atom stereocenters. The van der Waals surface area contributed by atoms with Crippen molar-refractivity contribution in [1.29, 1.82) is 0 Å². The summed E-state index contributed by atoms with van der Waals surface area (Å²) < 4.78 is 13.5. The van der Waals surface area contributed by atoms with Crippen molar-refractivity contribution in [2.24, 2.45) is 0 Å². The first kappa shape index (κ1) is 19.1. The predicted octanol–water partition coefficient (Wildman–Crippen LogP) is 4.34. The topological polar surface area (TPSA) is 35.8 Å². The van der Waals surface area contributed by atoms with Crippen LogP contribution in [0.2, 0.25) is 0 Å². The van der Waals surface area contributed by atoms with Crippen molar-refractivity contribution >= 4 is 21.4 Å². The molecule has 30 heavy (non-hydrogen) atoms. The van der Waals surface area contributed by atoms with Crippen LogP contribution < -0.4 is 14.4 Å². The normalized spacial score (nSPS) is 16.0. The number of nitrogens with one attached hydrogen (secondary N) is 1. The predicted molar refractivity (Wildman–Crippen MR) is 121 cm³/mol. The van der Waals surface area contributed by atoms with Gasteiger partial charge in [-0.2, -0.15) is 0 Å². The zero-order valence-electron chi connectivity index (χ0n) is 17.1. The minimum absolute atomic E-state index is 0.622. The van der Waals surface area contributed by atoms with Crippen molar-refractivity contribution in [3.05, 3.63) is 77.4 Å². The Morgan fingerprint density at radius 1 is 1.13 bits per heavy atom. The standard InChI is InChI=1S/C25H24N2O2S/c1-2-28-23-14-19(22-17-30-24-6-4-3-5-21(22)24)13-20-16-27(11-12-29-25(20)23)15-18-7-9-26-10-8-18/h3-10,13-14,17H,2,11-12,15-16H2,1H3/p+1. The van der Waals surface area contributed by atoms with E-state index in [0.717, 1.165) is 31.1 Å². The highest BCUT2D eigenvalue weighted by Crippen LogP contribution is 2.40. The monoisotopic (exact) mass is 417 g/mol. The van der Waals surface area contributed by atoms with E-state index in [9.17, 15) is 0 Å². The second-order valence-electron chi connectivity index (χ2n) is 7.60. The molecular weight excluding hydrogens is 392 g/mol. The number of benzene rings is 2. The van der Waals surface area contributed by atoms with Gasteiger partial charge < -0.3 is 14.4 Å². The Morgan fingerprint density at radius 3 is 2.87 bits per heavy atom. The molecule has 1 aliphatic rings. The molecule has 1 unspecified atom stereocenters. The van der Waals surface area contributed by atoms with Gasteiger partial charge in [0.25, 0.3) is 0 Å². The Balaban J connectivity index is 1.54. The minimum Gasteiger partial charge on any atom is -0.490 e. The highest BCUT2D eigenvalue weighted by Gasteiger charge is 2.24. The van der Waals surface area contributed by atoms with Crippen LogP contribution in [0.25, 0.3) is 21.2 Å². The van der Waals surface area contributed by atoms with Gasteiger partial charge in [-0.3, -0.25) is 4.98 Å². The number of fused-ring (bicyclic) bond motifs is 2. The molecule has 4 aromatic rings. The van der Waals surface area contributed by atoms with E-state index in [2.05, 4.69) is 58.9 Å². The van der Waals surface area contributed by atoms with Gasteiger partial charge in [-0.25, -0.2) is 0 Å². The number of rotatable bonds is 5. The molecule has 2 aromatic heterocycles. The molecule has 3 heterocycles. The third kappa shape index (κ3) is 3.78. The summed E-state index contributed by atoms with van der Waals surface area (Å²) in [5.74, 6) is 1.76. The van der Waals surface area contributed by atoms with Crippen LogP contribution >= 0.6 is 11.3 Å². The van der Waals surface area contributed by atoms with Gasteiger partial charge in [0.15, 0.2) is 11.5 Å². The van der Waals surface area contributed by atoms with E-state index in [-0.39, 0.29) is 0 Å². The van der Waals surface area contributed by atoms with E-state index in [1.165, 1.54) is 37.2 Å². The number of pyridine rings is 1. The Kier molecular flexibility index (Phi) is 5.39. The summed E-state index contributed by atoms with van der Waals surface area (Å²) >= 11 is 1.79. The quantitative estimate of drug-likeness (QED) is 0.525. The molecule has 1 aliphatic heterocycles. The molecule has 0 radical (unpaired) electrons. The first-order chi connectivity index (χ1) is 14.8. The van der Waals surface area contributed by atoms with E-state index < -0.39 is 0 Å². The number of aromatic nitrogens is 1. The average molecular weight is 418 g/mol. The van der Waals surface area contributed by atoms with Crippen molar-refractivity contribution < 1.29 is 14.4 Å². The van der Waals surface area contributed by atoms with Crippen molar-refractivity contribution in [3.8, 4) is 22.6 Å². The molecule has 0 bridgehead atoms. The number of quaternary nitrogens is 1. The number of nitrogens with zero attached hydrogens (tertiary/aromatic N) is 1. The van der Waals surface area contributed by atoms with Gasteiger partial charge in [-0.15, -0.1) is 11.3 Å². The van der Waals surface area contributed by atoms with Crippen LogP contribution in [0.4, 0.5) is 0 Å². The van der Waals surface area contributed by atoms with Crippen LogP contribution in [0.3, 0.4) is 0 Å². The van der Waals surface area contributed by atoms with E-state index in [1.54, 1.807) is 11.3 Å². The molecule has 0 amide bonds. The molecule has 4 nitrogen and oxygen atoms in total. The molecule has 2 aromatic carbocycles. The first-order valence-electron chi connectivity index (χ1n) is 10.4. The smallest absolute Gasteiger partial charge is 0.170 e. The summed E-state index contributed by atoms with van der Waals surface area (Å²) in [6, 6.07) is 17.2. The summed E-state index contributed by atoms with van der Waals surface area (Å²) in [5, 5.41) is 3.54. The third-order valence-electron chi connectivity index (χ3n) is 5.57. The van der Waals surface area contributed by atoms with Crippen molar-refractivity contribution in [3.63, 3.8) is 0 Å². The molecule has 5 heteroatoms. The van der Waals surface area contributed by atoms with Crippen molar-refractivity contribution in [2.75, 3.05) is 19.8 Å². The van der Waals surface area contributed by atoms with Crippen LogP contribution in [0, 0.1) is 0 Å². The number of hydrogen-bond donors (Lipinski definition) is 1. The fourth-order valence-corrected chi connectivity index (χ4v) is 5.14. The number of thiophene rings is 1. The molecule has 0 saturated carbocycles. The van der Waals surface area contributed by atoms with E-state index >= 15 is 0 Å². The van der Waals surface area contributed by atoms with Crippen LogP contribution in [-0.2, 0) is 13.1 Å². The maximum absolute atomic E-state index is 6.20. The van der Waals surface area contributed by atoms with Crippen LogP contribution in [0.5, 0.6) is 11.5 Å². The van der Waals surface area contributed by atoms with Gasteiger partial charge in [-0.1, -0.05) is 18.2 Å². The lowest BCUT2D eigenvalue weighted by Crippen LogP contribution is -3.09. The average Bonchev–Trinajstić information content (AvgIpc) is 3.09. The molecule has 0 aliphatic carbocycles. The molecule has 0 saturated heterocycles. The van der Waals surface area contributed by atoms with Gasteiger partial charge in [0.2, 0.25) is 0 Å². The Bertz CT molecular complexity index is 1160. The second-order valence-corrected chi connectivity index (χ2v) is 8.51. The fraction of sp³-hybridized carbons (Fsp3) is 0.240. The van der Waals surface area contributed by atoms with Gasteiger partial charge in [-0.05, 0) is 48.2 Å².